The molecule has 0 bridgehead atoms. The third-order valence-corrected chi connectivity index (χ3v) is 4.31. The van der Waals surface area contributed by atoms with E-state index < -0.39 is 0 Å². The smallest absolute Gasteiger partial charge is 0.0284 e. The zero-order valence-corrected chi connectivity index (χ0v) is 12.4. The van der Waals surface area contributed by atoms with Crippen LogP contribution < -0.4 is 5.73 Å². The van der Waals surface area contributed by atoms with Crippen LogP contribution in [0.2, 0.25) is 0 Å². The van der Waals surface area contributed by atoms with Crippen LogP contribution in [-0.2, 0) is 0 Å². The van der Waals surface area contributed by atoms with Gasteiger partial charge in [0.2, 0.25) is 0 Å². The van der Waals surface area contributed by atoms with Crippen molar-refractivity contribution < 1.29 is 0 Å². The predicted octanol–water partition coefficient (Wildman–Crippen LogP) is 3.24. The normalized spacial score (nSPS) is 18.5. The molecule has 1 saturated carbocycles. The molecule has 2 heteroatoms. The molecule has 0 amide bonds. The summed E-state index contributed by atoms with van der Waals surface area (Å²) in [5, 5.41) is 0. The molecule has 1 aliphatic carbocycles. The van der Waals surface area contributed by atoms with Gasteiger partial charge in [-0.1, -0.05) is 44.2 Å². The summed E-state index contributed by atoms with van der Waals surface area (Å²) >= 11 is 0. The Kier molecular flexibility index (Phi) is 5.41. The molecule has 2 unspecified atom stereocenters. The fraction of sp³-hybridized carbons (Fsp3) is 0.647. The number of hydrogen-bond acceptors (Lipinski definition) is 2. The number of hydrogen-bond donors (Lipinski definition) is 1. The monoisotopic (exact) mass is 260 g/mol. The van der Waals surface area contributed by atoms with Gasteiger partial charge < -0.3 is 5.73 Å². The highest BCUT2D eigenvalue weighted by Crippen LogP contribution is 2.32. The molecule has 2 rings (SSSR count). The van der Waals surface area contributed by atoms with Crippen molar-refractivity contribution in [3.63, 3.8) is 0 Å². The molecule has 1 aromatic rings. The van der Waals surface area contributed by atoms with Crippen LogP contribution in [0.1, 0.15) is 44.6 Å². The van der Waals surface area contributed by atoms with Crippen molar-refractivity contribution in [1.29, 1.82) is 0 Å². The first-order chi connectivity index (χ1) is 9.26. The van der Waals surface area contributed by atoms with Crippen molar-refractivity contribution in [2.75, 3.05) is 19.6 Å². The largest absolute Gasteiger partial charge is 0.329 e. The van der Waals surface area contributed by atoms with E-state index in [0.29, 0.717) is 12.0 Å². The zero-order chi connectivity index (χ0) is 13.7. The third-order valence-electron chi connectivity index (χ3n) is 4.31. The van der Waals surface area contributed by atoms with Gasteiger partial charge in [0.05, 0.1) is 0 Å². The lowest BCUT2D eigenvalue weighted by Crippen LogP contribution is -2.45. The van der Waals surface area contributed by atoms with Crippen LogP contribution in [0.15, 0.2) is 30.3 Å². The fourth-order valence-electron chi connectivity index (χ4n) is 2.96. The molecular weight excluding hydrogens is 232 g/mol. The van der Waals surface area contributed by atoms with Gasteiger partial charge in [0.25, 0.3) is 0 Å². The van der Waals surface area contributed by atoms with E-state index in [0.717, 1.165) is 12.5 Å². The average Bonchev–Trinajstić information content (AvgIpc) is 3.24. The lowest BCUT2D eigenvalue weighted by atomic mass is 9.92. The first-order valence-electron chi connectivity index (χ1n) is 7.75. The van der Waals surface area contributed by atoms with E-state index in [4.69, 9.17) is 5.73 Å². The Morgan fingerprint density at radius 2 is 1.95 bits per heavy atom. The molecule has 2 nitrogen and oxygen atoms in total. The molecule has 106 valence electrons. The molecule has 2 N–H and O–H groups in total. The summed E-state index contributed by atoms with van der Waals surface area (Å²) in [4.78, 5) is 2.63. The Bertz CT molecular complexity index is 359. The summed E-state index contributed by atoms with van der Waals surface area (Å²) < 4.78 is 0. The summed E-state index contributed by atoms with van der Waals surface area (Å²) in [6.45, 7) is 7.76. The van der Waals surface area contributed by atoms with Gasteiger partial charge in [-0.3, -0.25) is 4.90 Å². The predicted molar refractivity (Wildman–Crippen MR) is 82.3 cm³/mol. The minimum atomic E-state index is 0.475. The van der Waals surface area contributed by atoms with Gasteiger partial charge in [-0.05, 0) is 43.2 Å². The van der Waals surface area contributed by atoms with Gasteiger partial charge in [-0.2, -0.15) is 0 Å². The van der Waals surface area contributed by atoms with Crippen molar-refractivity contribution in [2.24, 2.45) is 11.7 Å². The molecule has 0 saturated heterocycles. The first kappa shape index (κ1) is 14.5. The van der Waals surface area contributed by atoms with E-state index in [-0.39, 0.29) is 0 Å². The van der Waals surface area contributed by atoms with Gasteiger partial charge >= 0.3 is 0 Å². The average molecular weight is 260 g/mol. The Morgan fingerprint density at radius 3 is 2.47 bits per heavy atom. The molecular formula is C17H28N2. The fourth-order valence-corrected chi connectivity index (χ4v) is 2.96. The number of benzene rings is 1. The molecule has 1 aliphatic rings. The van der Waals surface area contributed by atoms with Crippen molar-refractivity contribution in [3.05, 3.63) is 35.9 Å². The zero-order valence-electron chi connectivity index (χ0n) is 12.4. The summed E-state index contributed by atoms with van der Waals surface area (Å²) in [7, 11) is 0. The van der Waals surface area contributed by atoms with Crippen LogP contribution >= 0.6 is 0 Å². The molecule has 2 atom stereocenters. The SMILES string of the molecule is CCCN(CC1CC1)C(CN)C(C)c1ccccc1. The van der Waals surface area contributed by atoms with Gasteiger partial charge in [0, 0.05) is 19.1 Å². The number of rotatable bonds is 8. The highest BCUT2D eigenvalue weighted by molar-refractivity contribution is 5.20. The second kappa shape index (κ2) is 7.06. The van der Waals surface area contributed by atoms with Crippen molar-refractivity contribution in [1.82, 2.24) is 4.90 Å². The maximum Gasteiger partial charge on any atom is 0.0284 e. The van der Waals surface area contributed by atoms with Crippen LogP contribution in [0, 0.1) is 5.92 Å². The van der Waals surface area contributed by atoms with E-state index in [2.05, 4.69) is 49.1 Å². The van der Waals surface area contributed by atoms with Gasteiger partial charge in [-0.15, -0.1) is 0 Å². The Hall–Kier alpha value is -0.860. The van der Waals surface area contributed by atoms with E-state index in [1.165, 1.54) is 37.9 Å². The number of nitrogens with two attached hydrogens (primary N) is 1. The number of nitrogens with zero attached hydrogens (tertiary/aromatic N) is 1. The maximum absolute atomic E-state index is 6.10. The topological polar surface area (TPSA) is 29.3 Å². The van der Waals surface area contributed by atoms with E-state index >= 15 is 0 Å². The first-order valence-corrected chi connectivity index (χ1v) is 7.75. The molecule has 0 spiro atoms. The quantitative estimate of drug-likeness (QED) is 0.777. The Labute approximate surface area is 118 Å². The molecule has 0 heterocycles. The second-order valence-electron chi connectivity index (χ2n) is 5.94. The second-order valence-corrected chi connectivity index (χ2v) is 5.94. The van der Waals surface area contributed by atoms with Crippen LogP contribution in [0.3, 0.4) is 0 Å². The Morgan fingerprint density at radius 1 is 1.26 bits per heavy atom. The highest BCUT2D eigenvalue weighted by atomic mass is 15.2. The van der Waals surface area contributed by atoms with Gasteiger partial charge in [0.1, 0.15) is 0 Å². The highest BCUT2D eigenvalue weighted by Gasteiger charge is 2.30. The molecule has 0 aromatic heterocycles. The summed E-state index contributed by atoms with van der Waals surface area (Å²) in [6.07, 6.45) is 4.04. The van der Waals surface area contributed by atoms with E-state index in [1.807, 2.05) is 0 Å². The lowest BCUT2D eigenvalue weighted by molar-refractivity contribution is 0.171. The van der Waals surface area contributed by atoms with Crippen LogP contribution in [0.4, 0.5) is 0 Å². The van der Waals surface area contributed by atoms with Crippen molar-refractivity contribution in [2.45, 2.75) is 45.1 Å². The minimum absolute atomic E-state index is 0.475. The van der Waals surface area contributed by atoms with Crippen LogP contribution in [0.25, 0.3) is 0 Å². The van der Waals surface area contributed by atoms with Gasteiger partial charge in [-0.25, -0.2) is 0 Å². The molecule has 1 aromatic carbocycles. The third kappa shape index (κ3) is 4.05. The summed E-state index contributed by atoms with van der Waals surface area (Å²) in [6, 6.07) is 11.3. The standard InChI is InChI=1S/C17H28N2/c1-3-11-19(13-15-9-10-15)17(12-18)14(2)16-7-5-4-6-8-16/h4-8,14-15,17H,3,9-13,18H2,1-2H3. The lowest BCUT2D eigenvalue weighted by Gasteiger charge is -2.35. The molecule has 0 aliphatic heterocycles. The van der Waals surface area contributed by atoms with E-state index in [9.17, 15) is 0 Å². The molecule has 1 fully saturated rings. The van der Waals surface area contributed by atoms with Crippen molar-refractivity contribution in [3.8, 4) is 0 Å². The van der Waals surface area contributed by atoms with Crippen molar-refractivity contribution >= 4 is 0 Å². The van der Waals surface area contributed by atoms with Crippen LogP contribution in [-0.4, -0.2) is 30.6 Å². The maximum atomic E-state index is 6.10. The summed E-state index contributed by atoms with van der Waals surface area (Å²) in [5.74, 6) is 1.44. The minimum Gasteiger partial charge on any atom is -0.329 e. The van der Waals surface area contributed by atoms with Gasteiger partial charge in [0.15, 0.2) is 0 Å². The van der Waals surface area contributed by atoms with E-state index in [1.54, 1.807) is 0 Å². The summed E-state index contributed by atoms with van der Waals surface area (Å²) in [5.41, 5.74) is 7.51. The van der Waals surface area contributed by atoms with Crippen LogP contribution in [0.5, 0.6) is 0 Å². The molecule has 19 heavy (non-hydrogen) atoms. The Balaban J connectivity index is 2.06. The molecule has 0 radical (unpaired) electrons.